The molecule has 0 aromatic heterocycles. The van der Waals surface area contributed by atoms with E-state index in [1.807, 2.05) is 42.5 Å². The van der Waals surface area contributed by atoms with Crippen LogP contribution in [0.3, 0.4) is 0 Å². The lowest BCUT2D eigenvalue weighted by atomic mass is 9.84. The van der Waals surface area contributed by atoms with Crippen molar-refractivity contribution in [3.63, 3.8) is 0 Å². The van der Waals surface area contributed by atoms with Crippen molar-refractivity contribution in [3.8, 4) is 22.6 Å². The molecule has 1 fully saturated rings. The molecule has 8 heteroatoms. The fraction of sp³-hybridized carbons (Fsp3) is 0.417. The molecule has 6 atom stereocenters. The average Bonchev–Trinajstić information content (AvgIpc) is 2.82. The average molecular weight is 446 g/mol. The Balaban J connectivity index is 1.65. The molecule has 1 aliphatic rings. The van der Waals surface area contributed by atoms with E-state index in [4.69, 9.17) is 18.9 Å². The van der Waals surface area contributed by atoms with E-state index in [2.05, 4.69) is 6.58 Å². The molecule has 0 radical (unpaired) electrons. The standard InChI is InChI=1S/C24H30O8/c1-4-11-31-23-19(25)21(27)24(22(28)20(23)26)32-13-14-5-7-15(8-6-14)16-9-10-17(29-2)18(12-16)30-3/h4-10,12,19-28H,1,11,13H2,2-3H3/t19-,20+,21-,22-,23?,24?/m0/s1. The van der Waals surface area contributed by atoms with E-state index in [9.17, 15) is 20.4 Å². The molecule has 2 aromatic carbocycles. The number of ether oxygens (including phenoxy) is 4. The van der Waals surface area contributed by atoms with E-state index in [-0.39, 0.29) is 13.2 Å². The van der Waals surface area contributed by atoms with Gasteiger partial charge in [0.1, 0.15) is 36.6 Å². The highest BCUT2D eigenvalue weighted by Crippen LogP contribution is 2.32. The van der Waals surface area contributed by atoms with Crippen LogP contribution >= 0.6 is 0 Å². The number of rotatable bonds is 9. The summed E-state index contributed by atoms with van der Waals surface area (Å²) in [7, 11) is 3.16. The van der Waals surface area contributed by atoms with Crippen LogP contribution in [0.4, 0.5) is 0 Å². The van der Waals surface area contributed by atoms with Gasteiger partial charge < -0.3 is 39.4 Å². The fourth-order valence-corrected chi connectivity index (χ4v) is 3.76. The van der Waals surface area contributed by atoms with Crippen molar-refractivity contribution in [2.24, 2.45) is 0 Å². The Morgan fingerprint density at radius 2 is 1.28 bits per heavy atom. The Morgan fingerprint density at radius 3 is 1.81 bits per heavy atom. The maximum atomic E-state index is 10.4. The second kappa shape index (κ2) is 10.9. The van der Waals surface area contributed by atoms with E-state index >= 15 is 0 Å². The predicted molar refractivity (Wildman–Crippen MR) is 118 cm³/mol. The summed E-state index contributed by atoms with van der Waals surface area (Å²) in [6, 6.07) is 13.2. The largest absolute Gasteiger partial charge is 0.493 e. The van der Waals surface area contributed by atoms with Gasteiger partial charge in [-0.15, -0.1) is 6.58 Å². The summed E-state index contributed by atoms with van der Waals surface area (Å²) in [6.07, 6.45) is -6.53. The molecule has 2 unspecified atom stereocenters. The highest BCUT2D eigenvalue weighted by atomic mass is 16.5. The summed E-state index contributed by atoms with van der Waals surface area (Å²) in [5.41, 5.74) is 2.70. The minimum Gasteiger partial charge on any atom is -0.493 e. The lowest BCUT2D eigenvalue weighted by molar-refractivity contribution is -0.246. The molecular formula is C24H30O8. The van der Waals surface area contributed by atoms with Gasteiger partial charge in [-0.05, 0) is 28.8 Å². The first-order valence-electron chi connectivity index (χ1n) is 10.3. The summed E-state index contributed by atoms with van der Waals surface area (Å²) in [5, 5.41) is 41.3. The third-order valence-corrected chi connectivity index (χ3v) is 5.57. The van der Waals surface area contributed by atoms with E-state index in [1.54, 1.807) is 14.2 Å². The molecule has 0 amide bonds. The van der Waals surface area contributed by atoms with Gasteiger partial charge >= 0.3 is 0 Å². The Kier molecular flexibility index (Phi) is 8.25. The van der Waals surface area contributed by atoms with Gasteiger partial charge in [0.2, 0.25) is 0 Å². The monoisotopic (exact) mass is 446 g/mol. The third kappa shape index (κ3) is 5.12. The van der Waals surface area contributed by atoms with Crippen molar-refractivity contribution < 1.29 is 39.4 Å². The van der Waals surface area contributed by atoms with Crippen LogP contribution in [-0.2, 0) is 16.1 Å². The molecule has 2 aromatic rings. The third-order valence-electron chi connectivity index (χ3n) is 5.57. The quantitative estimate of drug-likeness (QED) is 0.426. The van der Waals surface area contributed by atoms with E-state index in [0.29, 0.717) is 11.5 Å². The van der Waals surface area contributed by atoms with Gasteiger partial charge in [-0.25, -0.2) is 0 Å². The van der Waals surface area contributed by atoms with Crippen LogP contribution in [0.25, 0.3) is 11.1 Å². The van der Waals surface area contributed by atoms with Crippen LogP contribution in [0.5, 0.6) is 11.5 Å². The van der Waals surface area contributed by atoms with Crippen LogP contribution in [0, 0.1) is 0 Å². The maximum absolute atomic E-state index is 10.4. The molecule has 3 rings (SSSR count). The van der Waals surface area contributed by atoms with Crippen molar-refractivity contribution >= 4 is 0 Å². The van der Waals surface area contributed by atoms with Crippen LogP contribution in [0.1, 0.15) is 5.56 Å². The maximum Gasteiger partial charge on any atom is 0.161 e. The molecule has 0 aliphatic heterocycles. The zero-order chi connectivity index (χ0) is 23.3. The first-order chi connectivity index (χ1) is 15.4. The minimum atomic E-state index is -1.42. The summed E-state index contributed by atoms with van der Waals surface area (Å²) in [4.78, 5) is 0. The second-order valence-corrected chi connectivity index (χ2v) is 7.59. The minimum absolute atomic E-state index is 0.0656. The normalized spacial score (nSPS) is 27.7. The number of aliphatic hydroxyl groups is 4. The predicted octanol–water partition coefficient (Wildman–Crippen LogP) is 1.28. The summed E-state index contributed by atoms with van der Waals surface area (Å²) < 4.78 is 21.6. The van der Waals surface area contributed by atoms with Gasteiger partial charge in [0, 0.05) is 0 Å². The zero-order valence-electron chi connectivity index (χ0n) is 18.1. The van der Waals surface area contributed by atoms with Crippen molar-refractivity contribution in [3.05, 3.63) is 60.7 Å². The highest BCUT2D eigenvalue weighted by Gasteiger charge is 2.50. The number of benzene rings is 2. The van der Waals surface area contributed by atoms with Crippen molar-refractivity contribution in [1.29, 1.82) is 0 Å². The van der Waals surface area contributed by atoms with Crippen LogP contribution in [-0.4, -0.2) is 77.9 Å². The SMILES string of the molecule is C=CCOC1[C@@H](O)[C@H](O)C(OCc2ccc(-c3ccc(OC)c(OC)c3)cc2)[C@@H](O)[C@H]1O. The molecule has 0 saturated heterocycles. The lowest BCUT2D eigenvalue weighted by Gasteiger charge is -2.43. The molecule has 0 bridgehead atoms. The molecule has 1 saturated carbocycles. The topological polar surface area (TPSA) is 118 Å². The lowest BCUT2D eigenvalue weighted by Crippen LogP contribution is -2.65. The van der Waals surface area contributed by atoms with E-state index < -0.39 is 36.6 Å². The van der Waals surface area contributed by atoms with Crippen molar-refractivity contribution in [1.82, 2.24) is 0 Å². The Bertz CT molecular complexity index is 868. The van der Waals surface area contributed by atoms with Crippen LogP contribution < -0.4 is 9.47 Å². The van der Waals surface area contributed by atoms with Gasteiger partial charge in [0.25, 0.3) is 0 Å². The first kappa shape index (κ1) is 24.2. The second-order valence-electron chi connectivity index (χ2n) is 7.59. The summed E-state index contributed by atoms with van der Waals surface area (Å²) in [5.74, 6) is 1.28. The number of hydrogen-bond acceptors (Lipinski definition) is 8. The molecule has 0 heterocycles. The van der Waals surface area contributed by atoms with Gasteiger partial charge in [-0.1, -0.05) is 36.4 Å². The highest BCUT2D eigenvalue weighted by molar-refractivity contribution is 5.67. The Labute approximate surface area is 187 Å². The van der Waals surface area contributed by atoms with Crippen LogP contribution in [0.2, 0.25) is 0 Å². The number of hydrogen-bond donors (Lipinski definition) is 4. The molecule has 1 aliphatic carbocycles. The van der Waals surface area contributed by atoms with Crippen molar-refractivity contribution in [2.75, 3.05) is 20.8 Å². The molecule has 174 valence electrons. The summed E-state index contributed by atoms with van der Waals surface area (Å²) in [6.45, 7) is 3.64. The van der Waals surface area contributed by atoms with E-state index in [1.165, 1.54) is 6.08 Å². The van der Waals surface area contributed by atoms with E-state index in [0.717, 1.165) is 16.7 Å². The molecule has 0 spiro atoms. The zero-order valence-corrected chi connectivity index (χ0v) is 18.1. The molecule has 8 nitrogen and oxygen atoms in total. The molecular weight excluding hydrogens is 416 g/mol. The fourth-order valence-electron chi connectivity index (χ4n) is 3.76. The van der Waals surface area contributed by atoms with Crippen molar-refractivity contribution in [2.45, 2.75) is 43.2 Å². The van der Waals surface area contributed by atoms with Gasteiger partial charge in [-0.3, -0.25) is 0 Å². The number of methoxy groups -OCH3 is 2. The summed E-state index contributed by atoms with van der Waals surface area (Å²) >= 11 is 0. The Hall–Kier alpha value is -2.46. The van der Waals surface area contributed by atoms with Gasteiger partial charge in [0.15, 0.2) is 11.5 Å². The number of aliphatic hydroxyl groups excluding tert-OH is 4. The smallest absolute Gasteiger partial charge is 0.161 e. The molecule has 4 N–H and O–H groups in total. The molecule has 32 heavy (non-hydrogen) atoms. The van der Waals surface area contributed by atoms with Gasteiger partial charge in [0.05, 0.1) is 27.4 Å². The van der Waals surface area contributed by atoms with Crippen LogP contribution in [0.15, 0.2) is 55.1 Å². The first-order valence-corrected chi connectivity index (χ1v) is 10.3. The Morgan fingerprint density at radius 1 is 0.750 bits per heavy atom. The van der Waals surface area contributed by atoms with Gasteiger partial charge in [-0.2, -0.15) is 0 Å².